The Labute approximate surface area is 150 Å². The molecule has 2 aromatic heterocycles. The van der Waals surface area contributed by atoms with Crippen molar-refractivity contribution < 1.29 is 5.11 Å². The fraction of sp³-hybridized carbons (Fsp3) is 0.0500. The van der Waals surface area contributed by atoms with E-state index in [1.54, 1.807) is 18.2 Å². The van der Waals surface area contributed by atoms with Crippen LogP contribution in [0.2, 0.25) is 5.02 Å². The molecular weight excluding hydrogens is 334 g/mol. The molecule has 0 atom stereocenters. The molecule has 4 aromatic rings. The van der Waals surface area contributed by atoms with Crippen molar-refractivity contribution in [1.29, 1.82) is 0 Å². The Hall–Kier alpha value is -2.98. The molecule has 0 saturated heterocycles. The van der Waals surface area contributed by atoms with E-state index < -0.39 is 0 Å². The summed E-state index contributed by atoms with van der Waals surface area (Å²) >= 11 is 6.19. The van der Waals surface area contributed by atoms with E-state index in [1.165, 1.54) is 0 Å². The monoisotopic (exact) mass is 349 g/mol. The third-order valence-corrected chi connectivity index (χ3v) is 4.36. The number of phenols is 1. The fourth-order valence-electron chi connectivity index (χ4n) is 2.84. The Kier molecular flexibility index (Phi) is 3.82. The molecule has 0 saturated carbocycles. The standard InChI is InChI=1S/C20H16ClN3O/c1-13-6-2-4-8-16(13)22-20-19(15-7-3-5-9-17(15)25)23-18-11-10-14(21)12-24(18)20/h2-12,22,25H,1H3. The van der Waals surface area contributed by atoms with Gasteiger partial charge in [-0.2, -0.15) is 0 Å². The average molecular weight is 350 g/mol. The lowest BCUT2D eigenvalue weighted by Gasteiger charge is -2.12. The minimum atomic E-state index is 0.185. The van der Waals surface area contributed by atoms with Crippen LogP contribution in [-0.4, -0.2) is 14.5 Å². The van der Waals surface area contributed by atoms with Crippen LogP contribution in [0.4, 0.5) is 11.5 Å². The largest absolute Gasteiger partial charge is 0.507 e. The third kappa shape index (κ3) is 2.81. The summed E-state index contributed by atoms with van der Waals surface area (Å²) in [6, 6.07) is 18.9. The number of halogens is 1. The molecule has 4 rings (SSSR count). The number of nitrogens with one attached hydrogen (secondary N) is 1. The van der Waals surface area contributed by atoms with Crippen LogP contribution in [0.25, 0.3) is 16.9 Å². The van der Waals surface area contributed by atoms with Crippen LogP contribution < -0.4 is 5.32 Å². The highest BCUT2D eigenvalue weighted by molar-refractivity contribution is 6.30. The first kappa shape index (κ1) is 15.5. The lowest BCUT2D eigenvalue weighted by atomic mass is 10.1. The number of hydrogen-bond acceptors (Lipinski definition) is 3. The predicted octanol–water partition coefficient (Wildman–Crippen LogP) is 5.41. The van der Waals surface area contributed by atoms with Gasteiger partial charge < -0.3 is 10.4 Å². The van der Waals surface area contributed by atoms with Gasteiger partial charge >= 0.3 is 0 Å². The van der Waals surface area contributed by atoms with Gasteiger partial charge in [-0.25, -0.2) is 4.98 Å². The van der Waals surface area contributed by atoms with Crippen molar-refractivity contribution in [3.8, 4) is 17.0 Å². The smallest absolute Gasteiger partial charge is 0.143 e. The van der Waals surface area contributed by atoms with Gasteiger partial charge in [0.2, 0.25) is 0 Å². The number of fused-ring (bicyclic) bond motifs is 1. The van der Waals surface area contributed by atoms with E-state index in [0.29, 0.717) is 16.3 Å². The molecule has 2 heterocycles. The zero-order valence-corrected chi connectivity index (χ0v) is 14.3. The van der Waals surface area contributed by atoms with Gasteiger partial charge in [-0.1, -0.05) is 41.9 Å². The van der Waals surface area contributed by atoms with Crippen LogP contribution in [-0.2, 0) is 0 Å². The molecule has 0 radical (unpaired) electrons. The molecule has 2 N–H and O–H groups in total. The van der Waals surface area contributed by atoms with Crippen molar-refractivity contribution in [3.05, 3.63) is 77.4 Å². The molecule has 0 aliphatic rings. The van der Waals surface area contributed by atoms with E-state index in [2.05, 4.69) is 5.32 Å². The van der Waals surface area contributed by atoms with Gasteiger partial charge in [-0.05, 0) is 42.8 Å². The Morgan fingerprint density at radius 3 is 2.56 bits per heavy atom. The number of anilines is 2. The number of benzene rings is 2. The number of imidazole rings is 1. The maximum atomic E-state index is 10.3. The van der Waals surface area contributed by atoms with Gasteiger partial charge in [0.15, 0.2) is 0 Å². The lowest BCUT2D eigenvalue weighted by molar-refractivity contribution is 0.477. The fourth-order valence-corrected chi connectivity index (χ4v) is 3.00. The predicted molar refractivity (Wildman–Crippen MR) is 102 cm³/mol. The number of hydrogen-bond donors (Lipinski definition) is 2. The highest BCUT2D eigenvalue weighted by Gasteiger charge is 2.17. The number of aromatic hydroxyl groups is 1. The van der Waals surface area contributed by atoms with Gasteiger partial charge in [0.05, 0.1) is 5.02 Å². The van der Waals surface area contributed by atoms with Crippen molar-refractivity contribution in [2.75, 3.05) is 5.32 Å². The maximum Gasteiger partial charge on any atom is 0.143 e. The van der Waals surface area contributed by atoms with Gasteiger partial charge in [-0.3, -0.25) is 4.40 Å². The highest BCUT2D eigenvalue weighted by atomic mass is 35.5. The van der Waals surface area contributed by atoms with Gasteiger partial charge in [0.1, 0.15) is 22.9 Å². The third-order valence-electron chi connectivity index (χ3n) is 4.14. The number of aromatic nitrogens is 2. The van der Waals surface area contributed by atoms with Crippen molar-refractivity contribution in [2.45, 2.75) is 6.92 Å². The minimum absolute atomic E-state index is 0.185. The van der Waals surface area contributed by atoms with E-state index in [9.17, 15) is 5.11 Å². The number of rotatable bonds is 3. The minimum Gasteiger partial charge on any atom is -0.507 e. The lowest BCUT2D eigenvalue weighted by Crippen LogP contribution is -1.98. The summed E-state index contributed by atoms with van der Waals surface area (Å²) < 4.78 is 1.90. The summed E-state index contributed by atoms with van der Waals surface area (Å²) in [6.45, 7) is 2.04. The van der Waals surface area contributed by atoms with E-state index in [-0.39, 0.29) is 5.75 Å². The van der Waals surface area contributed by atoms with Crippen molar-refractivity contribution in [3.63, 3.8) is 0 Å². The second-order valence-corrected chi connectivity index (χ2v) is 6.28. The molecular formula is C20H16ClN3O. The number of para-hydroxylation sites is 2. The van der Waals surface area contributed by atoms with Crippen LogP contribution in [0, 0.1) is 6.92 Å². The Morgan fingerprint density at radius 1 is 1.00 bits per heavy atom. The normalized spacial score (nSPS) is 11.0. The molecule has 0 amide bonds. The SMILES string of the molecule is Cc1ccccc1Nc1c(-c2ccccc2O)nc2ccc(Cl)cn12. The molecule has 0 bridgehead atoms. The molecule has 0 unspecified atom stereocenters. The quantitative estimate of drug-likeness (QED) is 0.519. The number of aryl methyl sites for hydroxylation is 1. The summed E-state index contributed by atoms with van der Waals surface area (Å²) in [7, 11) is 0. The summed E-state index contributed by atoms with van der Waals surface area (Å²) in [5.74, 6) is 0.943. The summed E-state index contributed by atoms with van der Waals surface area (Å²) in [4.78, 5) is 4.69. The van der Waals surface area contributed by atoms with Crippen LogP contribution >= 0.6 is 11.6 Å². The number of pyridine rings is 1. The molecule has 0 aliphatic heterocycles. The molecule has 4 nitrogen and oxygen atoms in total. The van der Waals surface area contributed by atoms with Gasteiger partial charge in [0.25, 0.3) is 0 Å². The zero-order valence-electron chi connectivity index (χ0n) is 13.6. The van der Waals surface area contributed by atoms with Gasteiger partial charge in [0, 0.05) is 17.4 Å². The van der Waals surface area contributed by atoms with Crippen molar-refractivity contribution >= 4 is 28.8 Å². The molecule has 0 spiro atoms. The van der Waals surface area contributed by atoms with Crippen molar-refractivity contribution in [2.24, 2.45) is 0 Å². The Morgan fingerprint density at radius 2 is 1.76 bits per heavy atom. The Bertz CT molecular complexity index is 1070. The van der Waals surface area contributed by atoms with E-state index in [0.717, 1.165) is 22.7 Å². The van der Waals surface area contributed by atoms with Crippen LogP contribution in [0.3, 0.4) is 0 Å². The second kappa shape index (κ2) is 6.15. The second-order valence-electron chi connectivity index (χ2n) is 5.84. The van der Waals surface area contributed by atoms with E-state index >= 15 is 0 Å². The van der Waals surface area contributed by atoms with Crippen LogP contribution in [0.15, 0.2) is 66.9 Å². The average Bonchev–Trinajstić information content (AvgIpc) is 2.95. The van der Waals surface area contributed by atoms with Crippen LogP contribution in [0.1, 0.15) is 5.56 Å². The molecule has 25 heavy (non-hydrogen) atoms. The zero-order chi connectivity index (χ0) is 17.4. The number of phenolic OH excluding ortho intramolecular Hbond substituents is 1. The van der Waals surface area contributed by atoms with Crippen molar-refractivity contribution in [1.82, 2.24) is 9.38 Å². The van der Waals surface area contributed by atoms with E-state index in [1.807, 2.05) is 60.0 Å². The summed E-state index contributed by atoms with van der Waals surface area (Å²) in [5, 5.41) is 14.3. The van der Waals surface area contributed by atoms with Crippen LogP contribution in [0.5, 0.6) is 5.75 Å². The van der Waals surface area contributed by atoms with Gasteiger partial charge in [-0.15, -0.1) is 0 Å². The molecule has 2 aromatic carbocycles. The van der Waals surface area contributed by atoms with E-state index in [4.69, 9.17) is 16.6 Å². The first-order valence-electron chi connectivity index (χ1n) is 7.92. The summed E-state index contributed by atoms with van der Waals surface area (Å²) in [5.41, 5.74) is 4.17. The first-order valence-corrected chi connectivity index (χ1v) is 8.30. The Balaban J connectivity index is 1.97. The molecule has 124 valence electrons. The number of nitrogens with zero attached hydrogens (tertiary/aromatic N) is 2. The summed E-state index contributed by atoms with van der Waals surface area (Å²) in [6.07, 6.45) is 1.81. The molecule has 5 heteroatoms. The highest BCUT2D eigenvalue weighted by Crippen LogP contribution is 2.36. The maximum absolute atomic E-state index is 10.3. The first-order chi connectivity index (χ1) is 12.1. The topological polar surface area (TPSA) is 49.6 Å². The molecule has 0 aliphatic carbocycles. The molecule has 0 fully saturated rings.